The summed E-state index contributed by atoms with van der Waals surface area (Å²) in [6.45, 7) is 11.3. The van der Waals surface area contributed by atoms with Gasteiger partial charge in [0, 0.05) is 32.6 Å². The summed E-state index contributed by atoms with van der Waals surface area (Å²) in [7, 11) is 1.56. The molecule has 0 bridgehead atoms. The number of nitrogens with zero attached hydrogens (tertiary/aromatic N) is 1. The first-order chi connectivity index (χ1) is 10.7. The SMILES string of the molecule is CC.CCCC(=O)NCCN1CCCCC1CC.CNC=O. The van der Waals surface area contributed by atoms with Gasteiger partial charge in [0.1, 0.15) is 0 Å². The number of carbonyl (C=O) groups is 2. The van der Waals surface area contributed by atoms with Crippen LogP contribution in [0.25, 0.3) is 0 Å². The first-order valence-corrected chi connectivity index (χ1v) is 8.81. The predicted octanol–water partition coefficient (Wildman–Crippen LogP) is 2.56. The van der Waals surface area contributed by atoms with Gasteiger partial charge in [-0.05, 0) is 32.2 Å². The molecule has 0 aromatic heterocycles. The largest absolute Gasteiger partial charge is 0.362 e. The molecule has 5 nitrogen and oxygen atoms in total. The van der Waals surface area contributed by atoms with Crippen molar-refractivity contribution in [2.75, 3.05) is 26.7 Å². The van der Waals surface area contributed by atoms with Crippen molar-refractivity contribution in [1.29, 1.82) is 0 Å². The standard InChI is InChI=1S/C13H26N2O.C2H5NO.C2H6/c1-3-7-13(16)14-9-11-15-10-6-5-8-12(15)4-2;1-3-2-4;1-2/h12H,3-11H2,1-2H3,(H,14,16);2H,1H3,(H,3,4);1-2H3. The highest BCUT2D eigenvalue weighted by Gasteiger charge is 2.19. The lowest BCUT2D eigenvalue weighted by molar-refractivity contribution is -0.121. The van der Waals surface area contributed by atoms with Crippen LogP contribution in [0.5, 0.6) is 0 Å². The molecule has 0 aromatic rings. The molecule has 0 saturated carbocycles. The summed E-state index contributed by atoms with van der Waals surface area (Å²) < 4.78 is 0. The Morgan fingerprint density at radius 1 is 1.27 bits per heavy atom. The van der Waals surface area contributed by atoms with Crippen LogP contribution in [0.15, 0.2) is 0 Å². The smallest absolute Gasteiger partial charge is 0.220 e. The van der Waals surface area contributed by atoms with Gasteiger partial charge in [-0.25, -0.2) is 0 Å². The van der Waals surface area contributed by atoms with Crippen LogP contribution in [0.1, 0.15) is 66.2 Å². The molecule has 1 fully saturated rings. The summed E-state index contributed by atoms with van der Waals surface area (Å²) >= 11 is 0. The number of carbonyl (C=O) groups excluding carboxylic acids is 2. The van der Waals surface area contributed by atoms with Crippen molar-refractivity contribution in [3.63, 3.8) is 0 Å². The first kappa shape index (κ1) is 23.2. The van der Waals surface area contributed by atoms with Crippen LogP contribution in [0.2, 0.25) is 0 Å². The predicted molar refractivity (Wildman–Crippen MR) is 93.9 cm³/mol. The van der Waals surface area contributed by atoms with Gasteiger partial charge >= 0.3 is 0 Å². The molecule has 5 heteroatoms. The second-order valence-electron chi connectivity index (χ2n) is 5.10. The van der Waals surface area contributed by atoms with E-state index in [1.54, 1.807) is 7.05 Å². The fourth-order valence-corrected chi connectivity index (χ4v) is 2.47. The highest BCUT2D eigenvalue weighted by molar-refractivity contribution is 5.75. The van der Waals surface area contributed by atoms with E-state index in [2.05, 4.69) is 22.5 Å². The summed E-state index contributed by atoms with van der Waals surface area (Å²) in [5.41, 5.74) is 0. The topological polar surface area (TPSA) is 61.4 Å². The van der Waals surface area contributed by atoms with Crippen molar-refractivity contribution < 1.29 is 9.59 Å². The van der Waals surface area contributed by atoms with Gasteiger partial charge in [-0.2, -0.15) is 0 Å². The van der Waals surface area contributed by atoms with E-state index in [9.17, 15) is 4.79 Å². The van der Waals surface area contributed by atoms with Gasteiger partial charge in [0.25, 0.3) is 0 Å². The molecule has 1 saturated heterocycles. The number of nitrogens with one attached hydrogen (secondary N) is 2. The Hall–Kier alpha value is -1.10. The van der Waals surface area contributed by atoms with Gasteiger partial charge in [0.2, 0.25) is 12.3 Å². The highest BCUT2D eigenvalue weighted by atomic mass is 16.1. The molecule has 1 aliphatic rings. The minimum atomic E-state index is 0.201. The molecule has 0 aromatic carbocycles. The van der Waals surface area contributed by atoms with E-state index in [1.165, 1.54) is 32.2 Å². The van der Waals surface area contributed by atoms with Crippen LogP contribution < -0.4 is 10.6 Å². The van der Waals surface area contributed by atoms with Gasteiger partial charge < -0.3 is 10.6 Å². The van der Waals surface area contributed by atoms with E-state index >= 15 is 0 Å². The van der Waals surface area contributed by atoms with Crippen molar-refractivity contribution in [1.82, 2.24) is 15.5 Å². The number of piperidine rings is 1. The van der Waals surface area contributed by atoms with Gasteiger partial charge in [-0.3, -0.25) is 14.5 Å². The average molecular weight is 316 g/mol. The zero-order valence-electron chi connectivity index (χ0n) is 15.3. The Bertz CT molecular complexity index is 260. The average Bonchev–Trinajstić information content (AvgIpc) is 2.57. The monoisotopic (exact) mass is 315 g/mol. The van der Waals surface area contributed by atoms with Crippen LogP contribution in [0.4, 0.5) is 0 Å². The lowest BCUT2D eigenvalue weighted by Crippen LogP contribution is -2.43. The second kappa shape index (κ2) is 18.0. The van der Waals surface area contributed by atoms with Crippen molar-refractivity contribution >= 4 is 12.3 Å². The Morgan fingerprint density at radius 2 is 1.91 bits per heavy atom. The van der Waals surface area contributed by atoms with Crippen LogP contribution in [-0.2, 0) is 9.59 Å². The maximum absolute atomic E-state index is 11.3. The molecule has 22 heavy (non-hydrogen) atoms. The van der Waals surface area contributed by atoms with Crippen LogP contribution >= 0.6 is 0 Å². The lowest BCUT2D eigenvalue weighted by Gasteiger charge is -2.35. The molecule has 0 spiro atoms. The molecule has 1 rings (SSSR count). The number of hydrogen-bond donors (Lipinski definition) is 2. The Morgan fingerprint density at radius 3 is 2.41 bits per heavy atom. The minimum Gasteiger partial charge on any atom is -0.362 e. The number of rotatable bonds is 7. The van der Waals surface area contributed by atoms with Gasteiger partial charge in [0.15, 0.2) is 0 Å². The maximum atomic E-state index is 11.3. The Labute approximate surface area is 137 Å². The molecule has 1 aliphatic heterocycles. The molecule has 0 radical (unpaired) electrons. The molecule has 0 aliphatic carbocycles. The fourth-order valence-electron chi connectivity index (χ4n) is 2.47. The zero-order chi connectivity index (χ0) is 17.2. The third kappa shape index (κ3) is 12.6. The van der Waals surface area contributed by atoms with Crippen LogP contribution in [0, 0.1) is 0 Å². The van der Waals surface area contributed by atoms with Crippen LogP contribution in [-0.4, -0.2) is 49.9 Å². The number of amides is 2. The molecule has 2 amide bonds. The summed E-state index contributed by atoms with van der Waals surface area (Å²) in [6.07, 6.45) is 7.49. The quantitative estimate of drug-likeness (QED) is 0.710. The van der Waals surface area contributed by atoms with E-state index in [4.69, 9.17) is 4.79 Å². The highest BCUT2D eigenvalue weighted by Crippen LogP contribution is 2.18. The number of likely N-dealkylation sites (tertiary alicyclic amines) is 1. The van der Waals surface area contributed by atoms with E-state index in [1.807, 2.05) is 20.8 Å². The second-order valence-corrected chi connectivity index (χ2v) is 5.10. The van der Waals surface area contributed by atoms with Crippen LogP contribution in [0.3, 0.4) is 0 Å². The van der Waals surface area contributed by atoms with E-state index < -0.39 is 0 Å². The third-order valence-corrected chi connectivity index (χ3v) is 3.54. The molecule has 132 valence electrons. The third-order valence-electron chi connectivity index (χ3n) is 3.54. The van der Waals surface area contributed by atoms with E-state index in [0.29, 0.717) is 12.8 Å². The Kier molecular flexibility index (Phi) is 18.9. The summed E-state index contributed by atoms with van der Waals surface area (Å²) in [5, 5.41) is 5.24. The van der Waals surface area contributed by atoms with Gasteiger partial charge in [0.05, 0.1) is 0 Å². The minimum absolute atomic E-state index is 0.201. The maximum Gasteiger partial charge on any atom is 0.220 e. The molecule has 1 atom stereocenters. The molecular formula is C17H37N3O2. The van der Waals surface area contributed by atoms with Crippen molar-refractivity contribution in [2.45, 2.75) is 72.3 Å². The summed E-state index contributed by atoms with van der Waals surface area (Å²) in [4.78, 5) is 22.9. The number of hydrogen-bond acceptors (Lipinski definition) is 3. The van der Waals surface area contributed by atoms with Crippen molar-refractivity contribution in [3.8, 4) is 0 Å². The Balaban J connectivity index is 0. The summed E-state index contributed by atoms with van der Waals surface area (Å²) in [5.74, 6) is 0.201. The molecule has 2 N–H and O–H groups in total. The lowest BCUT2D eigenvalue weighted by atomic mass is 10.0. The van der Waals surface area contributed by atoms with Gasteiger partial charge in [-0.15, -0.1) is 0 Å². The molecule has 1 unspecified atom stereocenters. The van der Waals surface area contributed by atoms with Crippen molar-refractivity contribution in [3.05, 3.63) is 0 Å². The first-order valence-electron chi connectivity index (χ1n) is 8.81. The molecule has 1 heterocycles. The van der Waals surface area contributed by atoms with Crippen molar-refractivity contribution in [2.24, 2.45) is 0 Å². The normalized spacial score (nSPS) is 17.2. The fraction of sp³-hybridized carbons (Fsp3) is 0.882. The van der Waals surface area contributed by atoms with E-state index in [-0.39, 0.29) is 5.91 Å². The zero-order valence-corrected chi connectivity index (χ0v) is 15.3. The van der Waals surface area contributed by atoms with E-state index in [0.717, 1.165) is 25.6 Å². The van der Waals surface area contributed by atoms with Gasteiger partial charge in [-0.1, -0.05) is 34.1 Å². The summed E-state index contributed by atoms with van der Waals surface area (Å²) in [6, 6.07) is 0.747. The molecular weight excluding hydrogens is 278 g/mol.